The molecule has 6 nitrogen and oxygen atoms in total. The third-order valence-electron chi connectivity index (χ3n) is 3.82. The van der Waals surface area contributed by atoms with Crippen molar-refractivity contribution in [3.8, 4) is 6.01 Å². The summed E-state index contributed by atoms with van der Waals surface area (Å²) < 4.78 is 5.09. The van der Waals surface area contributed by atoms with Gasteiger partial charge < -0.3 is 15.0 Å². The van der Waals surface area contributed by atoms with E-state index >= 15 is 0 Å². The van der Waals surface area contributed by atoms with Crippen LogP contribution >= 0.6 is 11.6 Å². The van der Waals surface area contributed by atoms with Crippen LogP contribution < -0.4 is 15.0 Å². The topological polar surface area (TPSA) is 63.2 Å². The first-order valence-corrected chi connectivity index (χ1v) is 7.56. The Bertz CT molecular complexity index is 462. The van der Waals surface area contributed by atoms with Crippen molar-refractivity contribution in [3.63, 3.8) is 0 Å². The maximum atomic E-state index is 5.96. The lowest BCUT2D eigenvalue weighted by Crippen LogP contribution is -2.39. The van der Waals surface area contributed by atoms with Crippen LogP contribution in [0.3, 0.4) is 0 Å². The molecular formula is C13H20ClN5O. The van der Waals surface area contributed by atoms with Crippen LogP contribution in [0.25, 0.3) is 0 Å². The summed E-state index contributed by atoms with van der Waals surface area (Å²) >= 11 is 5.96. The first-order valence-electron chi connectivity index (χ1n) is 7.18. The minimum atomic E-state index is 0.187. The van der Waals surface area contributed by atoms with Gasteiger partial charge >= 0.3 is 6.01 Å². The van der Waals surface area contributed by atoms with E-state index in [1.54, 1.807) is 7.11 Å². The zero-order valence-corrected chi connectivity index (χ0v) is 12.4. The summed E-state index contributed by atoms with van der Waals surface area (Å²) in [5, 5.41) is 3.70. The van der Waals surface area contributed by atoms with E-state index in [2.05, 4.69) is 25.2 Å². The third kappa shape index (κ3) is 3.49. The van der Waals surface area contributed by atoms with E-state index in [1.165, 1.54) is 25.7 Å². The van der Waals surface area contributed by atoms with Crippen LogP contribution in [-0.4, -0.2) is 47.7 Å². The van der Waals surface area contributed by atoms with E-state index in [0.717, 1.165) is 25.6 Å². The molecule has 1 aliphatic heterocycles. The molecule has 1 N–H and O–H groups in total. The fraction of sp³-hybridized carbons (Fsp3) is 0.769. The molecule has 1 aromatic heterocycles. The summed E-state index contributed by atoms with van der Waals surface area (Å²) in [6.45, 7) is 3.00. The summed E-state index contributed by atoms with van der Waals surface area (Å²) in [6.07, 6.45) is 5.04. The highest BCUT2D eigenvalue weighted by Crippen LogP contribution is 2.31. The SMILES string of the molecule is COc1nc(Cl)nc(N(CC2CC2)CC2CCCN2)n1. The Hall–Kier alpha value is -1.14. The second-order valence-corrected chi connectivity index (χ2v) is 5.87. The highest BCUT2D eigenvalue weighted by Gasteiger charge is 2.28. The second kappa shape index (κ2) is 6.10. The Kier molecular flexibility index (Phi) is 4.21. The van der Waals surface area contributed by atoms with Crippen molar-refractivity contribution in [2.45, 2.75) is 31.7 Å². The maximum absolute atomic E-state index is 5.96. The van der Waals surface area contributed by atoms with Crippen LogP contribution in [0.15, 0.2) is 0 Å². The van der Waals surface area contributed by atoms with Crippen molar-refractivity contribution >= 4 is 17.5 Å². The average molecular weight is 298 g/mol. The molecule has 0 bridgehead atoms. The van der Waals surface area contributed by atoms with Crippen molar-refractivity contribution in [3.05, 3.63) is 5.28 Å². The number of methoxy groups -OCH3 is 1. The minimum Gasteiger partial charge on any atom is -0.467 e. The molecule has 2 aliphatic rings. The second-order valence-electron chi connectivity index (χ2n) is 5.53. The van der Waals surface area contributed by atoms with E-state index in [1.807, 2.05) is 0 Å². The highest BCUT2D eigenvalue weighted by atomic mass is 35.5. The molecule has 1 unspecified atom stereocenters. The van der Waals surface area contributed by atoms with Gasteiger partial charge in [0.15, 0.2) is 0 Å². The lowest BCUT2D eigenvalue weighted by atomic mass is 10.2. The van der Waals surface area contributed by atoms with Crippen LogP contribution in [0.1, 0.15) is 25.7 Å². The van der Waals surface area contributed by atoms with Gasteiger partial charge in [0.05, 0.1) is 7.11 Å². The number of ether oxygens (including phenoxy) is 1. The van der Waals surface area contributed by atoms with E-state index in [-0.39, 0.29) is 11.3 Å². The van der Waals surface area contributed by atoms with E-state index in [4.69, 9.17) is 16.3 Å². The Morgan fingerprint density at radius 2 is 2.10 bits per heavy atom. The number of rotatable bonds is 6. The number of hydrogen-bond acceptors (Lipinski definition) is 6. The van der Waals surface area contributed by atoms with Gasteiger partial charge in [-0.05, 0) is 49.7 Å². The van der Waals surface area contributed by atoms with Crippen LogP contribution in [-0.2, 0) is 0 Å². The molecule has 1 atom stereocenters. The highest BCUT2D eigenvalue weighted by molar-refractivity contribution is 6.28. The summed E-state index contributed by atoms with van der Waals surface area (Å²) in [4.78, 5) is 14.8. The molecule has 110 valence electrons. The van der Waals surface area contributed by atoms with Crippen molar-refractivity contribution < 1.29 is 4.74 Å². The normalized spacial score (nSPS) is 22.0. The fourth-order valence-electron chi connectivity index (χ4n) is 2.58. The Labute approximate surface area is 123 Å². The molecule has 3 rings (SSSR count). The molecule has 2 fully saturated rings. The molecule has 1 saturated heterocycles. The largest absolute Gasteiger partial charge is 0.467 e. The Morgan fingerprint density at radius 3 is 2.75 bits per heavy atom. The van der Waals surface area contributed by atoms with Gasteiger partial charge in [0, 0.05) is 19.1 Å². The van der Waals surface area contributed by atoms with Gasteiger partial charge in [-0.15, -0.1) is 0 Å². The summed E-state index contributed by atoms with van der Waals surface area (Å²) in [5.41, 5.74) is 0. The smallest absolute Gasteiger partial charge is 0.322 e. The zero-order valence-electron chi connectivity index (χ0n) is 11.7. The molecule has 0 aromatic carbocycles. The monoisotopic (exact) mass is 297 g/mol. The van der Waals surface area contributed by atoms with Gasteiger partial charge in [0.2, 0.25) is 11.2 Å². The van der Waals surface area contributed by atoms with E-state index < -0.39 is 0 Å². The molecule has 7 heteroatoms. The molecule has 20 heavy (non-hydrogen) atoms. The third-order valence-corrected chi connectivity index (χ3v) is 3.99. The first kappa shape index (κ1) is 13.8. The number of aromatic nitrogens is 3. The number of anilines is 1. The van der Waals surface area contributed by atoms with Crippen LogP contribution in [0.5, 0.6) is 6.01 Å². The number of halogens is 1. The number of nitrogens with one attached hydrogen (secondary N) is 1. The molecule has 0 spiro atoms. The molecule has 1 aromatic rings. The molecule has 1 aliphatic carbocycles. The predicted molar refractivity (Wildman–Crippen MR) is 77.4 cm³/mol. The predicted octanol–water partition coefficient (Wildman–Crippen LogP) is 1.50. The van der Waals surface area contributed by atoms with Crippen molar-refractivity contribution in [2.75, 3.05) is 31.6 Å². The number of hydrogen-bond donors (Lipinski definition) is 1. The van der Waals surface area contributed by atoms with Gasteiger partial charge in [0.25, 0.3) is 0 Å². The van der Waals surface area contributed by atoms with Crippen molar-refractivity contribution in [1.82, 2.24) is 20.3 Å². The van der Waals surface area contributed by atoms with Crippen LogP contribution in [0.2, 0.25) is 5.28 Å². The van der Waals surface area contributed by atoms with Gasteiger partial charge in [0.1, 0.15) is 0 Å². The standard InChI is InChI=1S/C13H20ClN5O/c1-20-13-17-11(14)16-12(18-13)19(7-9-4-5-9)8-10-3-2-6-15-10/h9-10,15H,2-8H2,1H3. The Morgan fingerprint density at radius 1 is 1.25 bits per heavy atom. The van der Waals surface area contributed by atoms with Gasteiger partial charge in [-0.3, -0.25) is 0 Å². The van der Waals surface area contributed by atoms with Crippen LogP contribution in [0.4, 0.5) is 5.95 Å². The summed E-state index contributed by atoms with van der Waals surface area (Å²) in [5.74, 6) is 1.39. The lowest BCUT2D eigenvalue weighted by Gasteiger charge is -2.26. The van der Waals surface area contributed by atoms with Crippen molar-refractivity contribution in [1.29, 1.82) is 0 Å². The quantitative estimate of drug-likeness (QED) is 0.858. The summed E-state index contributed by atoms with van der Waals surface area (Å²) in [6, 6.07) is 0.787. The Balaban J connectivity index is 1.77. The lowest BCUT2D eigenvalue weighted by molar-refractivity contribution is 0.377. The van der Waals surface area contributed by atoms with Gasteiger partial charge in [-0.2, -0.15) is 15.0 Å². The molecule has 0 amide bonds. The zero-order chi connectivity index (χ0) is 13.9. The minimum absolute atomic E-state index is 0.187. The van der Waals surface area contributed by atoms with Gasteiger partial charge in [-0.1, -0.05) is 0 Å². The fourth-order valence-corrected chi connectivity index (χ4v) is 2.73. The van der Waals surface area contributed by atoms with E-state index in [0.29, 0.717) is 12.0 Å². The average Bonchev–Trinajstić information content (AvgIpc) is 3.11. The van der Waals surface area contributed by atoms with Crippen molar-refractivity contribution in [2.24, 2.45) is 5.92 Å². The van der Waals surface area contributed by atoms with Gasteiger partial charge in [-0.25, -0.2) is 0 Å². The van der Waals surface area contributed by atoms with Crippen LogP contribution in [0, 0.1) is 5.92 Å². The first-order chi connectivity index (χ1) is 9.74. The molecule has 1 saturated carbocycles. The molecule has 0 radical (unpaired) electrons. The molecular weight excluding hydrogens is 278 g/mol. The number of nitrogens with zero attached hydrogens (tertiary/aromatic N) is 4. The van der Waals surface area contributed by atoms with E-state index in [9.17, 15) is 0 Å². The molecule has 2 heterocycles. The summed E-state index contributed by atoms with van der Waals surface area (Å²) in [7, 11) is 1.54. The maximum Gasteiger partial charge on any atom is 0.322 e.